The van der Waals surface area contributed by atoms with Crippen LogP contribution in [0.3, 0.4) is 0 Å². The molecular formula is C20H26. The van der Waals surface area contributed by atoms with Gasteiger partial charge in [-0.1, -0.05) is 54.8 Å². The SMILES string of the molecule is CCCCc1cc(C)c(-c2cc(C)cc(C)c2)c(C)c1. The van der Waals surface area contributed by atoms with Crippen molar-refractivity contribution in [3.63, 3.8) is 0 Å². The largest absolute Gasteiger partial charge is 0.0654 e. The van der Waals surface area contributed by atoms with Crippen molar-refractivity contribution in [1.29, 1.82) is 0 Å². The van der Waals surface area contributed by atoms with Crippen LogP contribution in [0.4, 0.5) is 0 Å². The monoisotopic (exact) mass is 266 g/mol. The second-order valence-corrected chi connectivity index (χ2v) is 6.08. The van der Waals surface area contributed by atoms with Crippen LogP contribution in [0, 0.1) is 27.7 Å². The Bertz CT molecular complexity index is 562. The van der Waals surface area contributed by atoms with Crippen LogP contribution < -0.4 is 0 Å². The Kier molecular flexibility index (Phi) is 4.65. The van der Waals surface area contributed by atoms with Gasteiger partial charge >= 0.3 is 0 Å². The van der Waals surface area contributed by atoms with E-state index < -0.39 is 0 Å². The third-order valence-electron chi connectivity index (χ3n) is 3.92. The molecule has 20 heavy (non-hydrogen) atoms. The van der Waals surface area contributed by atoms with E-state index >= 15 is 0 Å². The van der Waals surface area contributed by atoms with E-state index in [4.69, 9.17) is 0 Å². The van der Waals surface area contributed by atoms with Crippen LogP contribution >= 0.6 is 0 Å². The molecule has 0 unspecified atom stereocenters. The highest BCUT2D eigenvalue weighted by atomic mass is 14.1. The Morgan fingerprint density at radius 2 is 1.30 bits per heavy atom. The summed E-state index contributed by atoms with van der Waals surface area (Å²) in [6.07, 6.45) is 3.74. The van der Waals surface area contributed by atoms with Gasteiger partial charge < -0.3 is 0 Å². The number of hydrogen-bond donors (Lipinski definition) is 0. The third-order valence-corrected chi connectivity index (χ3v) is 3.92. The molecule has 0 aliphatic carbocycles. The van der Waals surface area contributed by atoms with Crippen molar-refractivity contribution in [1.82, 2.24) is 0 Å². The number of unbranched alkanes of at least 4 members (excludes halogenated alkanes) is 1. The number of benzene rings is 2. The Hall–Kier alpha value is -1.56. The molecule has 0 spiro atoms. The highest BCUT2D eigenvalue weighted by molar-refractivity contribution is 5.72. The zero-order valence-corrected chi connectivity index (χ0v) is 13.5. The number of hydrogen-bond acceptors (Lipinski definition) is 0. The maximum absolute atomic E-state index is 2.37. The van der Waals surface area contributed by atoms with Gasteiger partial charge in [0, 0.05) is 0 Å². The van der Waals surface area contributed by atoms with Crippen molar-refractivity contribution >= 4 is 0 Å². The van der Waals surface area contributed by atoms with Crippen LogP contribution in [-0.4, -0.2) is 0 Å². The van der Waals surface area contributed by atoms with Crippen LogP contribution in [0.1, 0.15) is 47.6 Å². The van der Waals surface area contributed by atoms with Gasteiger partial charge in [0.2, 0.25) is 0 Å². The van der Waals surface area contributed by atoms with E-state index in [1.54, 1.807) is 0 Å². The lowest BCUT2D eigenvalue weighted by Crippen LogP contribution is -1.94. The van der Waals surface area contributed by atoms with Gasteiger partial charge in [-0.3, -0.25) is 0 Å². The van der Waals surface area contributed by atoms with E-state index in [-0.39, 0.29) is 0 Å². The van der Waals surface area contributed by atoms with Gasteiger partial charge in [-0.05, 0) is 68.4 Å². The fourth-order valence-corrected chi connectivity index (χ4v) is 3.15. The standard InChI is InChI=1S/C20H26/c1-6-7-8-18-12-16(4)20(17(5)13-18)19-10-14(2)9-15(3)11-19/h9-13H,6-8H2,1-5H3. The molecule has 0 radical (unpaired) electrons. The first-order valence-corrected chi connectivity index (χ1v) is 7.70. The highest BCUT2D eigenvalue weighted by Gasteiger charge is 2.08. The van der Waals surface area contributed by atoms with Gasteiger partial charge in [0.1, 0.15) is 0 Å². The molecule has 0 bridgehead atoms. The van der Waals surface area contributed by atoms with E-state index in [1.807, 2.05) is 0 Å². The van der Waals surface area contributed by atoms with Crippen molar-refractivity contribution < 1.29 is 0 Å². The van der Waals surface area contributed by atoms with Gasteiger partial charge in [-0.15, -0.1) is 0 Å². The molecule has 0 nitrogen and oxygen atoms in total. The zero-order valence-electron chi connectivity index (χ0n) is 13.5. The molecule has 106 valence electrons. The average molecular weight is 266 g/mol. The maximum Gasteiger partial charge on any atom is -0.0125 e. The van der Waals surface area contributed by atoms with Gasteiger partial charge in [0.05, 0.1) is 0 Å². The van der Waals surface area contributed by atoms with Crippen molar-refractivity contribution in [3.05, 3.63) is 58.1 Å². The van der Waals surface area contributed by atoms with Crippen LogP contribution in [0.25, 0.3) is 11.1 Å². The first-order chi connectivity index (χ1) is 9.51. The summed E-state index contributed by atoms with van der Waals surface area (Å²) in [5.74, 6) is 0. The molecule has 0 saturated carbocycles. The molecule has 0 saturated heterocycles. The fraction of sp³-hybridized carbons (Fsp3) is 0.400. The number of rotatable bonds is 4. The summed E-state index contributed by atoms with van der Waals surface area (Å²) in [6, 6.07) is 11.6. The summed E-state index contributed by atoms with van der Waals surface area (Å²) in [4.78, 5) is 0. The summed E-state index contributed by atoms with van der Waals surface area (Å²) >= 11 is 0. The molecule has 2 aromatic carbocycles. The van der Waals surface area contributed by atoms with Crippen molar-refractivity contribution in [3.8, 4) is 11.1 Å². The molecule has 0 fully saturated rings. The Morgan fingerprint density at radius 3 is 1.80 bits per heavy atom. The van der Waals surface area contributed by atoms with E-state index in [1.165, 1.54) is 58.2 Å². The second-order valence-electron chi connectivity index (χ2n) is 6.08. The average Bonchev–Trinajstić information content (AvgIpc) is 2.34. The van der Waals surface area contributed by atoms with Crippen molar-refractivity contribution in [2.45, 2.75) is 53.9 Å². The van der Waals surface area contributed by atoms with E-state index in [2.05, 4.69) is 65.0 Å². The predicted octanol–water partition coefficient (Wildman–Crippen LogP) is 5.93. The number of aryl methyl sites for hydroxylation is 5. The topological polar surface area (TPSA) is 0 Å². The minimum absolute atomic E-state index is 1.20. The van der Waals surface area contributed by atoms with Crippen LogP contribution in [0.15, 0.2) is 30.3 Å². The first-order valence-electron chi connectivity index (χ1n) is 7.70. The van der Waals surface area contributed by atoms with Gasteiger partial charge in [-0.2, -0.15) is 0 Å². The lowest BCUT2D eigenvalue weighted by Gasteiger charge is -2.14. The van der Waals surface area contributed by atoms with E-state index in [0.29, 0.717) is 0 Å². The van der Waals surface area contributed by atoms with Crippen LogP contribution in [0.5, 0.6) is 0 Å². The summed E-state index contributed by atoms with van der Waals surface area (Å²) in [6.45, 7) is 11.1. The Balaban J connectivity index is 2.46. The zero-order chi connectivity index (χ0) is 14.7. The molecule has 0 heteroatoms. The van der Waals surface area contributed by atoms with Crippen LogP contribution in [-0.2, 0) is 6.42 Å². The summed E-state index contributed by atoms with van der Waals surface area (Å²) in [7, 11) is 0. The molecule has 0 aliphatic heterocycles. The summed E-state index contributed by atoms with van der Waals surface area (Å²) < 4.78 is 0. The molecular weight excluding hydrogens is 240 g/mol. The normalized spacial score (nSPS) is 10.8. The van der Waals surface area contributed by atoms with Gasteiger partial charge in [0.15, 0.2) is 0 Å². The smallest absolute Gasteiger partial charge is 0.0125 e. The summed E-state index contributed by atoms with van der Waals surface area (Å²) in [5.41, 5.74) is 9.75. The molecule has 0 aliphatic rings. The fourth-order valence-electron chi connectivity index (χ4n) is 3.15. The Labute approximate surface area is 123 Å². The van der Waals surface area contributed by atoms with Crippen LogP contribution in [0.2, 0.25) is 0 Å². The molecule has 0 atom stereocenters. The maximum atomic E-state index is 2.37. The molecule has 0 N–H and O–H groups in total. The first kappa shape index (κ1) is 14.8. The summed E-state index contributed by atoms with van der Waals surface area (Å²) in [5, 5.41) is 0. The minimum Gasteiger partial charge on any atom is -0.0654 e. The second kappa shape index (κ2) is 6.26. The van der Waals surface area contributed by atoms with Crippen molar-refractivity contribution in [2.75, 3.05) is 0 Å². The Morgan fingerprint density at radius 1 is 0.750 bits per heavy atom. The van der Waals surface area contributed by atoms with Crippen molar-refractivity contribution in [2.24, 2.45) is 0 Å². The van der Waals surface area contributed by atoms with E-state index in [0.717, 1.165) is 0 Å². The quantitative estimate of drug-likeness (QED) is 0.643. The lowest BCUT2D eigenvalue weighted by atomic mass is 9.91. The highest BCUT2D eigenvalue weighted by Crippen LogP contribution is 2.30. The van der Waals surface area contributed by atoms with E-state index in [9.17, 15) is 0 Å². The van der Waals surface area contributed by atoms with Gasteiger partial charge in [0.25, 0.3) is 0 Å². The molecule has 0 amide bonds. The lowest BCUT2D eigenvalue weighted by molar-refractivity contribution is 0.794. The molecule has 0 heterocycles. The molecule has 2 aromatic rings. The predicted molar refractivity (Wildman–Crippen MR) is 89.4 cm³/mol. The molecule has 0 aromatic heterocycles. The van der Waals surface area contributed by atoms with Gasteiger partial charge in [-0.25, -0.2) is 0 Å². The minimum atomic E-state index is 1.20. The third kappa shape index (κ3) is 3.30. The molecule has 2 rings (SSSR count).